The summed E-state index contributed by atoms with van der Waals surface area (Å²) in [5.41, 5.74) is 2.00. The quantitative estimate of drug-likeness (QED) is 0.480. The van der Waals surface area contributed by atoms with Gasteiger partial charge in [-0.25, -0.2) is 15.0 Å². The Morgan fingerprint density at radius 2 is 1.96 bits per heavy atom. The van der Waals surface area contributed by atoms with E-state index in [2.05, 4.69) is 36.2 Å². The second-order valence-electron chi connectivity index (χ2n) is 5.95. The van der Waals surface area contributed by atoms with E-state index in [4.69, 9.17) is 4.74 Å². The molecular weight excluding hydrogens is 418 g/mol. The number of hydrogen-bond acceptors (Lipinski definition) is 8. The van der Waals surface area contributed by atoms with Gasteiger partial charge in [0.2, 0.25) is 6.23 Å². The third-order valence-electron chi connectivity index (χ3n) is 4.25. The van der Waals surface area contributed by atoms with Crippen molar-refractivity contribution in [3.05, 3.63) is 58.5 Å². The number of aliphatic hydroxyl groups is 3. The molecule has 1 aliphatic rings. The first-order valence-corrected chi connectivity index (χ1v) is 8.91. The summed E-state index contributed by atoms with van der Waals surface area (Å²) in [6, 6.07) is 7.89. The number of rotatable bonds is 5. The Labute approximate surface area is 162 Å². The minimum absolute atomic E-state index is 0.0722. The van der Waals surface area contributed by atoms with Crippen molar-refractivity contribution >= 4 is 32.9 Å². The second-order valence-corrected chi connectivity index (χ2v) is 6.86. The molecule has 2 aromatic heterocycles. The van der Waals surface area contributed by atoms with E-state index in [9.17, 15) is 15.3 Å². The highest BCUT2D eigenvalue weighted by atomic mass is 79.9. The van der Waals surface area contributed by atoms with E-state index in [1.54, 1.807) is 0 Å². The summed E-state index contributed by atoms with van der Waals surface area (Å²) in [4.78, 5) is 12.8. The second kappa shape index (κ2) is 7.14. The van der Waals surface area contributed by atoms with Gasteiger partial charge in [0.1, 0.15) is 19.3 Å². The van der Waals surface area contributed by atoms with Crippen LogP contribution in [0.1, 0.15) is 11.8 Å². The van der Waals surface area contributed by atoms with Crippen LogP contribution in [0.4, 0.5) is 5.82 Å². The van der Waals surface area contributed by atoms with Crippen LogP contribution >= 0.6 is 15.9 Å². The summed E-state index contributed by atoms with van der Waals surface area (Å²) in [5, 5.41) is 32.5. The first-order chi connectivity index (χ1) is 13.1. The lowest BCUT2D eigenvalue weighted by Crippen LogP contribution is -2.22. The first kappa shape index (κ1) is 17.7. The number of halogens is 1. The molecule has 0 amide bonds. The zero-order chi connectivity index (χ0) is 19.0. The van der Waals surface area contributed by atoms with Crippen LogP contribution in [0.15, 0.2) is 52.9 Å². The molecule has 0 fully saturated rings. The molecule has 0 spiro atoms. The van der Waals surface area contributed by atoms with E-state index < -0.39 is 24.7 Å². The molecule has 1 unspecified atom stereocenters. The molecule has 140 valence electrons. The molecule has 10 heteroatoms. The minimum Gasteiger partial charge on any atom is -0.506 e. The van der Waals surface area contributed by atoms with Crippen LogP contribution in [-0.4, -0.2) is 47.5 Å². The Morgan fingerprint density at radius 1 is 1.19 bits per heavy atom. The van der Waals surface area contributed by atoms with Crippen molar-refractivity contribution in [3.8, 4) is 0 Å². The lowest BCUT2D eigenvalue weighted by molar-refractivity contribution is -0.0119. The molecule has 0 saturated heterocycles. The molecule has 0 bridgehead atoms. The number of anilines is 1. The van der Waals surface area contributed by atoms with Crippen molar-refractivity contribution < 1.29 is 20.1 Å². The Bertz CT molecular complexity index is 1000. The molecular formula is C17H16BrN5O4. The number of fused-ring (bicyclic) bond motifs is 1. The van der Waals surface area contributed by atoms with E-state index in [-0.39, 0.29) is 5.76 Å². The van der Waals surface area contributed by atoms with Crippen molar-refractivity contribution in [3.63, 3.8) is 0 Å². The van der Waals surface area contributed by atoms with Gasteiger partial charge in [0.05, 0.1) is 0 Å². The highest BCUT2D eigenvalue weighted by molar-refractivity contribution is 9.10. The van der Waals surface area contributed by atoms with Crippen molar-refractivity contribution in [2.24, 2.45) is 0 Å². The standard InChI is InChI=1S/C17H16BrN5O4/c18-10-3-1-9(2-4-10)5-19-15-12-16(21-7-20-15)23(8-22-12)17-14(26)13(25)11(6-24)27-17/h1-4,7-8,14,17,24-26H,5-6H2,(H,19,20,21)/t14?,17-/m1/s1. The summed E-state index contributed by atoms with van der Waals surface area (Å²) in [6.45, 7) is 0.0345. The Balaban J connectivity index is 1.60. The van der Waals surface area contributed by atoms with Crippen molar-refractivity contribution in [2.45, 2.75) is 18.9 Å². The average molecular weight is 434 g/mol. The van der Waals surface area contributed by atoms with Crippen LogP contribution in [0.5, 0.6) is 0 Å². The number of benzene rings is 1. The zero-order valence-corrected chi connectivity index (χ0v) is 15.5. The minimum atomic E-state index is -1.32. The number of nitrogens with zero attached hydrogens (tertiary/aromatic N) is 4. The normalized spacial score (nSPS) is 19.5. The van der Waals surface area contributed by atoms with Crippen molar-refractivity contribution in [1.82, 2.24) is 19.5 Å². The summed E-state index contributed by atoms with van der Waals surface area (Å²) in [7, 11) is 0. The van der Waals surface area contributed by atoms with Gasteiger partial charge in [0, 0.05) is 11.0 Å². The van der Waals surface area contributed by atoms with E-state index in [1.807, 2.05) is 24.3 Å². The summed E-state index contributed by atoms with van der Waals surface area (Å²) >= 11 is 3.40. The number of ether oxygens (including phenoxy) is 1. The van der Waals surface area contributed by atoms with Crippen molar-refractivity contribution in [2.75, 3.05) is 11.9 Å². The lowest BCUT2D eigenvalue weighted by Gasteiger charge is -2.17. The van der Waals surface area contributed by atoms with Gasteiger partial charge in [0.25, 0.3) is 0 Å². The number of imidazole rings is 1. The molecule has 0 saturated carbocycles. The Morgan fingerprint density at radius 3 is 2.67 bits per heavy atom. The molecule has 4 rings (SSSR count). The largest absolute Gasteiger partial charge is 0.506 e. The molecule has 0 radical (unpaired) electrons. The maximum atomic E-state index is 10.2. The topological polar surface area (TPSA) is 126 Å². The molecule has 3 heterocycles. The van der Waals surface area contributed by atoms with E-state index in [1.165, 1.54) is 17.2 Å². The molecule has 9 nitrogen and oxygen atoms in total. The van der Waals surface area contributed by atoms with Gasteiger partial charge in [-0.1, -0.05) is 28.1 Å². The van der Waals surface area contributed by atoms with E-state index >= 15 is 0 Å². The predicted molar refractivity (Wildman–Crippen MR) is 99.7 cm³/mol. The van der Waals surface area contributed by atoms with Crippen LogP contribution in [0.2, 0.25) is 0 Å². The van der Waals surface area contributed by atoms with Crippen molar-refractivity contribution in [1.29, 1.82) is 0 Å². The van der Waals surface area contributed by atoms with Crippen LogP contribution in [0.3, 0.4) is 0 Å². The predicted octanol–water partition coefficient (Wildman–Crippen LogP) is 1.85. The van der Waals surface area contributed by atoms with Crippen LogP contribution < -0.4 is 5.32 Å². The molecule has 1 aliphatic heterocycles. The summed E-state index contributed by atoms with van der Waals surface area (Å²) < 4.78 is 7.93. The van der Waals surface area contributed by atoms with Gasteiger partial charge in [-0.2, -0.15) is 0 Å². The van der Waals surface area contributed by atoms with Gasteiger partial charge in [0.15, 0.2) is 34.6 Å². The van der Waals surface area contributed by atoms with Crippen LogP contribution in [0.25, 0.3) is 11.2 Å². The van der Waals surface area contributed by atoms with Gasteiger partial charge in [-0.05, 0) is 17.7 Å². The molecule has 3 aromatic rings. The number of nitrogens with one attached hydrogen (secondary N) is 1. The molecule has 27 heavy (non-hydrogen) atoms. The molecule has 0 aliphatic carbocycles. The van der Waals surface area contributed by atoms with E-state index in [0.717, 1.165) is 10.0 Å². The number of aliphatic hydroxyl groups excluding tert-OH is 3. The number of hydrogen-bond donors (Lipinski definition) is 4. The Hall–Kier alpha value is -2.69. The SMILES string of the molecule is OCC1=C(O)C(O)[C@H](n2cnc3c(NCc4ccc(Br)cc4)ncnc32)O1. The van der Waals surface area contributed by atoms with Gasteiger partial charge >= 0.3 is 0 Å². The van der Waals surface area contributed by atoms with Crippen LogP contribution in [-0.2, 0) is 11.3 Å². The third kappa shape index (κ3) is 3.22. The lowest BCUT2D eigenvalue weighted by atomic mass is 10.2. The molecule has 2 atom stereocenters. The zero-order valence-electron chi connectivity index (χ0n) is 13.9. The highest BCUT2D eigenvalue weighted by Crippen LogP contribution is 2.33. The molecule has 1 aromatic carbocycles. The number of aromatic nitrogens is 4. The fraction of sp³-hybridized carbons (Fsp3) is 0.235. The maximum absolute atomic E-state index is 10.2. The monoisotopic (exact) mass is 433 g/mol. The summed E-state index contributed by atoms with van der Waals surface area (Å²) in [5.74, 6) is 0.0673. The molecule has 4 N–H and O–H groups in total. The maximum Gasteiger partial charge on any atom is 0.211 e. The Kier molecular flexibility index (Phi) is 4.68. The van der Waals surface area contributed by atoms with E-state index in [0.29, 0.717) is 23.5 Å². The highest BCUT2D eigenvalue weighted by Gasteiger charge is 2.37. The fourth-order valence-electron chi connectivity index (χ4n) is 2.85. The summed E-state index contributed by atoms with van der Waals surface area (Å²) in [6.07, 6.45) is 0.544. The van der Waals surface area contributed by atoms with Gasteiger partial charge < -0.3 is 25.4 Å². The first-order valence-electron chi connectivity index (χ1n) is 8.12. The third-order valence-corrected chi connectivity index (χ3v) is 4.78. The van der Waals surface area contributed by atoms with Crippen LogP contribution in [0, 0.1) is 0 Å². The smallest absolute Gasteiger partial charge is 0.211 e. The average Bonchev–Trinajstić information content (AvgIpc) is 3.23. The van der Waals surface area contributed by atoms with Gasteiger partial charge in [-0.3, -0.25) is 4.57 Å². The van der Waals surface area contributed by atoms with Gasteiger partial charge in [-0.15, -0.1) is 0 Å². The fourth-order valence-corrected chi connectivity index (χ4v) is 3.12.